The van der Waals surface area contributed by atoms with Gasteiger partial charge in [0.25, 0.3) is 0 Å². The molecule has 0 aromatic carbocycles. The summed E-state index contributed by atoms with van der Waals surface area (Å²) in [5, 5.41) is 0. The molecular weight excluding hydrogens is 427 g/mol. The molecule has 13 heteroatoms. The van der Waals surface area contributed by atoms with Crippen LogP contribution >= 0.6 is 22.1 Å². The molecule has 166 valence electrons. The Bertz CT molecular complexity index is 627. The predicted octanol–water partition coefficient (Wildman–Crippen LogP) is 0.828. The fraction of sp³-hybridized carbons (Fsp3) is 0.933. The highest BCUT2D eigenvalue weighted by atomic mass is 31.2. The number of nitrogens with zero attached hydrogens (tertiary/aromatic N) is 3. The third-order valence-corrected chi connectivity index (χ3v) is 7.97. The van der Waals surface area contributed by atoms with Crippen molar-refractivity contribution in [3.8, 4) is 0 Å². The second-order valence-electron chi connectivity index (χ2n) is 7.90. The van der Waals surface area contributed by atoms with E-state index >= 15 is 0 Å². The van der Waals surface area contributed by atoms with Crippen molar-refractivity contribution >= 4 is 27.9 Å². The second kappa shape index (κ2) is 10.9. The summed E-state index contributed by atoms with van der Waals surface area (Å²) >= 11 is 0. The van der Waals surface area contributed by atoms with Gasteiger partial charge in [-0.3, -0.25) is 28.4 Å². The van der Waals surface area contributed by atoms with Crippen LogP contribution in [0.25, 0.3) is 0 Å². The molecule has 1 saturated heterocycles. The van der Waals surface area contributed by atoms with Gasteiger partial charge in [0.2, 0.25) is 22.1 Å². The second-order valence-corrected chi connectivity index (χ2v) is 15.1. The van der Waals surface area contributed by atoms with Crippen LogP contribution in [0.2, 0.25) is 0 Å². The first kappa shape index (κ1) is 26.2. The van der Waals surface area contributed by atoms with Gasteiger partial charge in [0, 0.05) is 65.2 Å². The average molecular weight is 461 g/mol. The Balaban J connectivity index is 2.87. The smallest absolute Gasteiger partial charge is 0.214 e. The normalized spacial score (nSPS) is 24.9. The van der Waals surface area contributed by atoms with Gasteiger partial charge in [-0.05, 0) is 6.92 Å². The molecule has 0 aromatic rings. The Hall–Kier alpha value is 0.120. The molecule has 1 aliphatic rings. The first-order valence-corrected chi connectivity index (χ1v) is 15.8. The lowest BCUT2D eigenvalue weighted by atomic mass is 10.4. The SMILES string of the molecule is CC(=O)CCP(=O)(O)CN1CCN(CP(C)(=O)O)CCN(CP(C)(=O)O)CC1. The van der Waals surface area contributed by atoms with Gasteiger partial charge >= 0.3 is 0 Å². The zero-order chi connectivity index (χ0) is 21.6. The van der Waals surface area contributed by atoms with E-state index in [1.165, 1.54) is 20.3 Å². The average Bonchev–Trinajstić information content (AvgIpc) is 2.56. The van der Waals surface area contributed by atoms with Crippen LogP contribution in [-0.2, 0) is 18.5 Å². The van der Waals surface area contributed by atoms with E-state index in [0.29, 0.717) is 39.3 Å². The van der Waals surface area contributed by atoms with Crippen molar-refractivity contribution < 1.29 is 33.2 Å². The summed E-state index contributed by atoms with van der Waals surface area (Å²) < 4.78 is 36.1. The number of hydrogen-bond donors (Lipinski definition) is 3. The standard InChI is InChI=1S/C15H34N3O7P3/c1-15(19)4-11-28(24,25)14-18-9-7-16(12-26(2,20)21)5-6-17(8-10-18)13-27(3,22)23/h4-14H2,1-3H3,(H,20,21)(H,22,23)(H,24,25). The van der Waals surface area contributed by atoms with Crippen LogP contribution in [0.15, 0.2) is 0 Å². The number of carbonyl (C=O) groups is 1. The summed E-state index contributed by atoms with van der Waals surface area (Å²) in [4.78, 5) is 46.2. The molecule has 1 rings (SSSR count). The fourth-order valence-electron chi connectivity index (χ4n) is 3.07. The highest BCUT2D eigenvalue weighted by molar-refractivity contribution is 7.58. The maximum atomic E-state index is 12.5. The third-order valence-electron chi connectivity index (χ3n) is 4.36. The highest BCUT2D eigenvalue weighted by Crippen LogP contribution is 2.42. The topological polar surface area (TPSA) is 139 Å². The molecule has 28 heavy (non-hydrogen) atoms. The lowest BCUT2D eigenvalue weighted by Gasteiger charge is -2.27. The maximum absolute atomic E-state index is 12.5. The third kappa shape index (κ3) is 12.6. The molecule has 1 aliphatic heterocycles. The van der Waals surface area contributed by atoms with Crippen LogP contribution in [0, 0.1) is 0 Å². The largest absolute Gasteiger partial charge is 0.344 e. The van der Waals surface area contributed by atoms with Gasteiger partial charge in [-0.15, -0.1) is 0 Å². The Morgan fingerprint density at radius 3 is 1.36 bits per heavy atom. The molecular formula is C15H34N3O7P3. The molecule has 0 aromatic heterocycles. The lowest BCUT2D eigenvalue weighted by molar-refractivity contribution is -0.116. The van der Waals surface area contributed by atoms with Crippen LogP contribution in [0.3, 0.4) is 0 Å². The number of carbonyl (C=O) groups excluding carboxylic acids is 1. The molecule has 1 fully saturated rings. The van der Waals surface area contributed by atoms with Crippen molar-refractivity contribution in [1.29, 1.82) is 0 Å². The minimum atomic E-state index is -3.52. The summed E-state index contributed by atoms with van der Waals surface area (Å²) in [6.07, 6.45) is -0.105. The van der Waals surface area contributed by atoms with Crippen LogP contribution in [0.1, 0.15) is 13.3 Å². The van der Waals surface area contributed by atoms with Crippen LogP contribution in [0.4, 0.5) is 0 Å². The fourth-order valence-corrected chi connectivity index (χ4v) is 6.83. The molecule has 0 bridgehead atoms. The van der Waals surface area contributed by atoms with Crippen LogP contribution < -0.4 is 0 Å². The summed E-state index contributed by atoms with van der Waals surface area (Å²) in [5.41, 5.74) is 0. The molecule has 0 radical (unpaired) electrons. The summed E-state index contributed by atoms with van der Waals surface area (Å²) in [6, 6.07) is 0. The summed E-state index contributed by atoms with van der Waals surface area (Å²) in [5.74, 6) is -0.139. The first-order valence-electron chi connectivity index (χ1n) is 9.21. The molecule has 3 N–H and O–H groups in total. The molecule has 0 saturated carbocycles. The molecule has 10 nitrogen and oxygen atoms in total. The van der Waals surface area contributed by atoms with E-state index < -0.39 is 22.1 Å². The van der Waals surface area contributed by atoms with Crippen molar-refractivity contribution in [3.05, 3.63) is 0 Å². The zero-order valence-electron chi connectivity index (χ0n) is 16.9. The zero-order valence-corrected chi connectivity index (χ0v) is 19.6. The number of rotatable bonds is 9. The number of hydrogen-bond acceptors (Lipinski definition) is 7. The molecule has 3 unspecified atom stereocenters. The molecule has 0 spiro atoms. The Morgan fingerprint density at radius 2 is 1.07 bits per heavy atom. The number of Topliss-reactive ketones (excluding diaryl/α,β-unsaturated/α-hetero) is 1. The van der Waals surface area contributed by atoms with Gasteiger partial charge in [0.15, 0.2) is 0 Å². The monoisotopic (exact) mass is 461 g/mol. The Morgan fingerprint density at radius 1 is 0.750 bits per heavy atom. The van der Waals surface area contributed by atoms with Crippen molar-refractivity contribution in [3.63, 3.8) is 0 Å². The van der Waals surface area contributed by atoms with Gasteiger partial charge < -0.3 is 19.5 Å². The van der Waals surface area contributed by atoms with Crippen molar-refractivity contribution in [2.75, 3.05) is 77.6 Å². The van der Waals surface area contributed by atoms with Crippen molar-refractivity contribution in [2.24, 2.45) is 0 Å². The van der Waals surface area contributed by atoms with Gasteiger partial charge in [-0.2, -0.15) is 0 Å². The first-order chi connectivity index (χ1) is 12.7. The van der Waals surface area contributed by atoms with Gasteiger partial charge in [0.05, 0.1) is 18.9 Å². The minimum Gasteiger partial charge on any atom is -0.344 e. The Labute approximate surface area is 167 Å². The molecule has 1 heterocycles. The van der Waals surface area contributed by atoms with Gasteiger partial charge in [-0.25, -0.2) is 0 Å². The maximum Gasteiger partial charge on any atom is 0.214 e. The minimum absolute atomic E-state index is 0.00128. The molecule has 0 amide bonds. The Kier molecular flexibility index (Phi) is 10.2. The van der Waals surface area contributed by atoms with E-state index in [-0.39, 0.29) is 37.2 Å². The van der Waals surface area contributed by atoms with Gasteiger partial charge in [-0.1, -0.05) is 0 Å². The van der Waals surface area contributed by atoms with E-state index in [0.717, 1.165) is 0 Å². The van der Waals surface area contributed by atoms with E-state index in [1.54, 1.807) is 4.90 Å². The van der Waals surface area contributed by atoms with Gasteiger partial charge in [0.1, 0.15) is 5.78 Å². The van der Waals surface area contributed by atoms with E-state index in [4.69, 9.17) is 0 Å². The van der Waals surface area contributed by atoms with E-state index in [1.807, 2.05) is 9.80 Å². The van der Waals surface area contributed by atoms with Crippen molar-refractivity contribution in [1.82, 2.24) is 14.7 Å². The van der Waals surface area contributed by atoms with Crippen LogP contribution in [0.5, 0.6) is 0 Å². The number of ketones is 1. The lowest BCUT2D eigenvalue weighted by Crippen LogP contribution is -2.37. The van der Waals surface area contributed by atoms with E-state index in [9.17, 15) is 33.2 Å². The summed E-state index contributed by atoms with van der Waals surface area (Å²) in [6.45, 7) is 6.64. The highest BCUT2D eigenvalue weighted by Gasteiger charge is 2.27. The quantitative estimate of drug-likeness (QED) is 0.423. The molecule has 0 aliphatic carbocycles. The summed E-state index contributed by atoms with van der Waals surface area (Å²) in [7, 11) is -10.1. The predicted molar refractivity (Wildman–Crippen MR) is 111 cm³/mol. The van der Waals surface area contributed by atoms with Crippen LogP contribution in [-0.4, -0.2) is 113 Å². The van der Waals surface area contributed by atoms with E-state index in [2.05, 4.69) is 0 Å². The molecule has 3 atom stereocenters. The van der Waals surface area contributed by atoms with Crippen molar-refractivity contribution in [2.45, 2.75) is 13.3 Å².